The molecule has 1 N–H and O–H groups in total. The van der Waals surface area contributed by atoms with E-state index in [0.29, 0.717) is 17.1 Å². The van der Waals surface area contributed by atoms with E-state index in [9.17, 15) is 9.18 Å². The molecule has 0 radical (unpaired) electrons. The second-order valence-corrected chi connectivity index (χ2v) is 5.02. The number of carbonyl (C=O) groups is 1. The van der Waals surface area contributed by atoms with Crippen LogP contribution in [0.4, 0.5) is 10.2 Å². The van der Waals surface area contributed by atoms with E-state index in [4.69, 9.17) is 0 Å². The standard InChI is InChI=1S/C15H14FN3O/c1-9-6-11(4-5-12(9)16)13-7-14(18-8-17-13)19-15(20)10-2-3-10/h4-8,10H,2-3H2,1H3,(H,17,18,19,20). The van der Waals surface area contributed by atoms with Crippen molar-refractivity contribution in [3.8, 4) is 11.3 Å². The Kier molecular flexibility index (Phi) is 3.18. The molecule has 20 heavy (non-hydrogen) atoms. The van der Waals surface area contributed by atoms with Gasteiger partial charge in [-0.3, -0.25) is 4.79 Å². The summed E-state index contributed by atoms with van der Waals surface area (Å²) in [7, 11) is 0. The van der Waals surface area contributed by atoms with Crippen LogP contribution in [0, 0.1) is 18.7 Å². The predicted molar refractivity (Wildman–Crippen MR) is 73.5 cm³/mol. The zero-order valence-corrected chi connectivity index (χ0v) is 11.1. The van der Waals surface area contributed by atoms with Crippen LogP contribution >= 0.6 is 0 Å². The third-order valence-electron chi connectivity index (χ3n) is 3.32. The Labute approximate surface area is 116 Å². The first-order valence-electron chi connectivity index (χ1n) is 6.53. The number of anilines is 1. The minimum absolute atomic E-state index is 0.00457. The molecular weight excluding hydrogens is 257 g/mol. The van der Waals surface area contributed by atoms with Gasteiger partial charge in [0.25, 0.3) is 0 Å². The van der Waals surface area contributed by atoms with E-state index < -0.39 is 0 Å². The maximum absolute atomic E-state index is 13.3. The summed E-state index contributed by atoms with van der Waals surface area (Å²) in [5.74, 6) is 0.366. The number of amides is 1. The van der Waals surface area contributed by atoms with E-state index in [1.54, 1.807) is 25.1 Å². The molecule has 1 aromatic heterocycles. The number of aromatic nitrogens is 2. The van der Waals surface area contributed by atoms with Gasteiger partial charge in [-0.15, -0.1) is 0 Å². The van der Waals surface area contributed by atoms with Crippen molar-refractivity contribution in [2.45, 2.75) is 19.8 Å². The lowest BCUT2D eigenvalue weighted by Crippen LogP contribution is -2.14. The molecule has 2 aromatic rings. The van der Waals surface area contributed by atoms with Crippen molar-refractivity contribution < 1.29 is 9.18 Å². The topological polar surface area (TPSA) is 54.9 Å². The molecule has 0 atom stereocenters. The van der Waals surface area contributed by atoms with Gasteiger partial charge in [-0.05, 0) is 43.5 Å². The number of benzene rings is 1. The Morgan fingerprint density at radius 1 is 1.30 bits per heavy atom. The monoisotopic (exact) mass is 271 g/mol. The minimum Gasteiger partial charge on any atom is -0.310 e. The number of nitrogens with zero attached hydrogens (tertiary/aromatic N) is 2. The zero-order chi connectivity index (χ0) is 14.1. The summed E-state index contributed by atoms with van der Waals surface area (Å²) < 4.78 is 13.3. The Balaban J connectivity index is 1.86. The van der Waals surface area contributed by atoms with Crippen molar-refractivity contribution >= 4 is 11.7 Å². The lowest BCUT2D eigenvalue weighted by atomic mass is 10.1. The van der Waals surface area contributed by atoms with Gasteiger partial charge < -0.3 is 5.32 Å². The van der Waals surface area contributed by atoms with Crippen molar-refractivity contribution in [2.24, 2.45) is 5.92 Å². The van der Waals surface area contributed by atoms with Crippen LogP contribution < -0.4 is 5.32 Å². The highest BCUT2D eigenvalue weighted by Gasteiger charge is 2.29. The van der Waals surface area contributed by atoms with Crippen molar-refractivity contribution in [3.05, 3.63) is 42.0 Å². The quantitative estimate of drug-likeness (QED) is 0.933. The maximum Gasteiger partial charge on any atom is 0.228 e. The second kappa shape index (κ2) is 5.00. The summed E-state index contributed by atoms with van der Waals surface area (Å²) in [5, 5.41) is 2.78. The third kappa shape index (κ3) is 2.66. The van der Waals surface area contributed by atoms with Gasteiger partial charge in [0.15, 0.2) is 0 Å². The number of nitrogens with one attached hydrogen (secondary N) is 1. The number of aryl methyl sites for hydroxylation is 1. The fraction of sp³-hybridized carbons (Fsp3) is 0.267. The predicted octanol–water partition coefficient (Wildman–Crippen LogP) is 2.94. The number of hydrogen-bond acceptors (Lipinski definition) is 3. The van der Waals surface area contributed by atoms with Crippen LogP contribution in [0.25, 0.3) is 11.3 Å². The third-order valence-corrected chi connectivity index (χ3v) is 3.32. The number of rotatable bonds is 3. The fourth-order valence-corrected chi connectivity index (χ4v) is 1.96. The molecule has 1 aliphatic rings. The minimum atomic E-state index is -0.245. The molecule has 0 saturated heterocycles. The van der Waals surface area contributed by atoms with Gasteiger partial charge in [-0.1, -0.05) is 0 Å². The first-order valence-corrected chi connectivity index (χ1v) is 6.53. The highest BCUT2D eigenvalue weighted by Crippen LogP contribution is 2.30. The van der Waals surface area contributed by atoms with Crippen molar-refractivity contribution in [3.63, 3.8) is 0 Å². The average Bonchev–Trinajstić information content (AvgIpc) is 3.26. The highest BCUT2D eigenvalue weighted by molar-refractivity contribution is 5.93. The average molecular weight is 271 g/mol. The van der Waals surface area contributed by atoms with E-state index in [2.05, 4.69) is 15.3 Å². The molecule has 5 heteroatoms. The molecular formula is C15H14FN3O. The molecule has 102 valence electrons. The van der Waals surface area contributed by atoms with Gasteiger partial charge in [-0.25, -0.2) is 14.4 Å². The molecule has 0 unspecified atom stereocenters. The lowest BCUT2D eigenvalue weighted by Gasteiger charge is -2.06. The van der Waals surface area contributed by atoms with Gasteiger partial charge in [0.05, 0.1) is 5.69 Å². The van der Waals surface area contributed by atoms with Gasteiger partial charge in [0.2, 0.25) is 5.91 Å². The second-order valence-electron chi connectivity index (χ2n) is 5.02. The van der Waals surface area contributed by atoms with Crippen LogP contribution in [-0.2, 0) is 4.79 Å². The van der Waals surface area contributed by atoms with E-state index in [1.165, 1.54) is 12.4 Å². The van der Waals surface area contributed by atoms with Gasteiger partial charge in [0.1, 0.15) is 18.0 Å². The summed E-state index contributed by atoms with van der Waals surface area (Å²) in [6.45, 7) is 1.70. The van der Waals surface area contributed by atoms with E-state index in [1.807, 2.05) is 0 Å². The number of carbonyl (C=O) groups excluding carboxylic acids is 1. The summed E-state index contributed by atoms with van der Waals surface area (Å²) >= 11 is 0. The Hall–Kier alpha value is -2.30. The molecule has 0 spiro atoms. The van der Waals surface area contributed by atoms with Crippen LogP contribution in [0.2, 0.25) is 0 Å². The van der Waals surface area contributed by atoms with E-state index in [-0.39, 0.29) is 17.6 Å². The van der Waals surface area contributed by atoms with Crippen LogP contribution in [0.3, 0.4) is 0 Å². The molecule has 0 aliphatic heterocycles. The molecule has 4 nitrogen and oxygen atoms in total. The Bertz CT molecular complexity index is 668. The summed E-state index contributed by atoms with van der Waals surface area (Å²) in [4.78, 5) is 19.9. The smallest absolute Gasteiger partial charge is 0.228 e. The van der Waals surface area contributed by atoms with E-state index in [0.717, 1.165) is 18.4 Å². The van der Waals surface area contributed by atoms with Gasteiger partial charge >= 0.3 is 0 Å². The van der Waals surface area contributed by atoms with Crippen LogP contribution in [0.15, 0.2) is 30.6 Å². The lowest BCUT2D eigenvalue weighted by molar-refractivity contribution is -0.117. The molecule has 1 saturated carbocycles. The summed E-state index contributed by atoms with van der Waals surface area (Å²) in [6.07, 6.45) is 3.29. The van der Waals surface area contributed by atoms with Crippen LogP contribution in [0.5, 0.6) is 0 Å². The van der Waals surface area contributed by atoms with Crippen molar-refractivity contribution in [2.75, 3.05) is 5.32 Å². The first-order chi connectivity index (χ1) is 9.63. The Morgan fingerprint density at radius 3 is 2.80 bits per heavy atom. The Morgan fingerprint density at radius 2 is 2.10 bits per heavy atom. The molecule has 0 bridgehead atoms. The highest BCUT2D eigenvalue weighted by atomic mass is 19.1. The summed E-state index contributed by atoms with van der Waals surface area (Å²) in [5.41, 5.74) is 2.02. The first kappa shape index (κ1) is 12.7. The molecule has 1 heterocycles. The molecule has 1 aliphatic carbocycles. The number of halogens is 1. The molecule has 1 aromatic carbocycles. The summed E-state index contributed by atoms with van der Waals surface area (Å²) in [6, 6.07) is 6.50. The molecule has 3 rings (SSSR count). The van der Waals surface area contributed by atoms with Gasteiger partial charge in [0, 0.05) is 17.5 Å². The normalized spacial score (nSPS) is 14.1. The van der Waals surface area contributed by atoms with Crippen LogP contribution in [0.1, 0.15) is 18.4 Å². The van der Waals surface area contributed by atoms with E-state index >= 15 is 0 Å². The molecule has 1 fully saturated rings. The SMILES string of the molecule is Cc1cc(-c2cc(NC(=O)C3CC3)ncn2)ccc1F. The number of hydrogen-bond donors (Lipinski definition) is 1. The van der Waals surface area contributed by atoms with Crippen LogP contribution in [-0.4, -0.2) is 15.9 Å². The maximum atomic E-state index is 13.3. The van der Waals surface area contributed by atoms with Crippen molar-refractivity contribution in [1.82, 2.24) is 9.97 Å². The molecule has 1 amide bonds. The fourth-order valence-electron chi connectivity index (χ4n) is 1.96. The zero-order valence-electron chi connectivity index (χ0n) is 11.1. The van der Waals surface area contributed by atoms with Gasteiger partial charge in [-0.2, -0.15) is 0 Å². The largest absolute Gasteiger partial charge is 0.310 e. The van der Waals surface area contributed by atoms with Crippen molar-refractivity contribution in [1.29, 1.82) is 0 Å².